The van der Waals surface area contributed by atoms with E-state index in [2.05, 4.69) is 4.72 Å². The molecule has 0 bridgehead atoms. The van der Waals surface area contributed by atoms with Crippen molar-refractivity contribution in [3.05, 3.63) is 62.7 Å². The summed E-state index contributed by atoms with van der Waals surface area (Å²) >= 11 is 5.73. The van der Waals surface area contributed by atoms with Crippen molar-refractivity contribution in [3.8, 4) is 0 Å². The molecule has 0 aromatic heterocycles. The molecule has 0 unspecified atom stereocenters. The van der Waals surface area contributed by atoms with Gasteiger partial charge in [-0.1, -0.05) is 11.6 Å². The fourth-order valence-corrected chi connectivity index (χ4v) is 3.62. The van der Waals surface area contributed by atoms with Crippen LogP contribution in [0.15, 0.2) is 41.3 Å². The van der Waals surface area contributed by atoms with Gasteiger partial charge in [-0.25, -0.2) is 8.42 Å². The number of aryl methyl sites for hydroxylation is 1. The van der Waals surface area contributed by atoms with Crippen LogP contribution in [0.5, 0.6) is 0 Å². The average molecular weight is 395 g/mol. The lowest BCUT2D eigenvalue weighted by molar-refractivity contribution is -0.384. The summed E-state index contributed by atoms with van der Waals surface area (Å²) in [6, 6.07) is 5.27. The SMILES string of the molecule is Cc1cc([N+](=O)[O-])ccc1NS(=O)(=O)c1cc(C(F)(F)F)ccc1Cl. The molecule has 25 heavy (non-hydrogen) atoms. The quantitative estimate of drug-likeness (QED) is 0.615. The summed E-state index contributed by atoms with van der Waals surface area (Å²) in [5.74, 6) is 0. The highest BCUT2D eigenvalue weighted by molar-refractivity contribution is 7.92. The average Bonchev–Trinajstić information content (AvgIpc) is 2.48. The van der Waals surface area contributed by atoms with E-state index in [1.807, 2.05) is 0 Å². The van der Waals surface area contributed by atoms with Gasteiger partial charge in [-0.15, -0.1) is 0 Å². The number of sulfonamides is 1. The minimum atomic E-state index is -4.74. The summed E-state index contributed by atoms with van der Waals surface area (Å²) in [4.78, 5) is 9.28. The summed E-state index contributed by atoms with van der Waals surface area (Å²) in [5, 5.41) is 10.3. The van der Waals surface area contributed by atoms with Crippen molar-refractivity contribution in [2.75, 3.05) is 4.72 Å². The van der Waals surface area contributed by atoms with Gasteiger partial charge in [0.25, 0.3) is 15.7 Å². The molecule has 0 saturated heterocycles. The lowest BCUT2D eigenvalue weighted by atomic mass is 10.2. The molecule has 0 atom stereocenters. The fourth-order valence-electron chi connectivity index (χ4n) is 1.96. The van der Waals surface area contributed by atoms with E-state index < -0.39 is 31.6 Å². The molecule has 0 saturated carbocycles. The first kappa shape index (κ1) is 19.0. The van der Waals surface area contributed by atoms with Crippen molar-refractivity contribution in [1.82, 2.24) is 0 Å². The van der Waals surface area contributed by atoms with Gasteiger partial charge in [0.2, 0.25) is 0 Å². The standard InChI is InChI=1S/C14H10ClF3N2O4S/c1-8-6-10(20(21)22)3-5-12(8)19-25(23,24)13-7-9(14(16,17)18)2-4-11(13)15/h2-7,19H,1H3. The number of nitro benzene ring substituents is 1. The third-order valence-electron chi connectivity index (χ3n) is 3.21. The fraction of sp³-hybridized carbons (Fsp3) is 0.143. The largest absolute Gasteiger partial charge is 0.416 e. The molecule has 134 valence electrons. The highest BCUT2D eigenvalue weighted by Crippen LogP contribution is 2.34. The molecule has 0 fully saturated rings. The normalized spacial score (nSPS) is 12.0. The number of halogens is 4. The molecular weight excluding hydrogens is 385 g/mol. The third-order valence-corrected chi connectivity index (χ3v) is 5.06. The van der Waals surface area contributed by atoms with Crippen LogP contribution < -0.4 is 4.72 Å². The maximum Gasteiger partial charge on any atom is 0.416 e. The van der Waals surface area contributed by atoms with Crippen molar-refractivity contribution in [2.45, 2.75) is 18.0 Å². The van der Waals surface area contributed by atoms with E-state index in [-0.39, 0.29) is 22.0 Å². The second-order valence-corrected chi connectivity index (χ2v) is 7.06. The van der Waals surface area contributed by atoms with Crippen LogP contribution in [0.3, 0.4) is 0 Å². The van der Waals surface area contributed by atoms with E-state index in [1.165, 1.54) is 6.92 Å². The number of nitro groups is 1. The second kappa shape index (κ2) is 6.52. The van der Waals surface area contributed by atoms with Gasteiger partial charge in [-0.05, 0) is 36.8 Å². The van der Waals surface area contributed by atoms with Crippen LogP contribution in [0.25, 0.3) is 0 Å². The summed E-state index contributed by atoms with van der Waals surface area (Å²) < 4.78 is 65.2. The lowest BCUT2D eigenvalue weighted by Crippen LogP contribution is -2.16. The van der Waals surface area contributed by atoms with Crippen LogP contribution in [0.4, 0.5) is 24.5 Å². The Kier molecular flexibility index (Phi) is 4.96. The maximum absolute atomic E-state index is 12.8. The highest BCUT2D eigenvalue weighted by Gasteiger charge is 2.33. The Morgan fingerprint density at radius 2 is 1.80 bits per heavy atom. The van der Waals surface area contributed by atoms with E-state index in [0.29, 0.717) is 12.1 Å². The molecule has 6 nitrogen and oxygen atoms in total. The van der Waals surface area contributed by atoms with Gasteiger partial charge in [-0.2, -0.15) is 13.2 Å². The van der Waals surface area contributed by atoms with Gasteiger partial charge in [0.05, 0.1) is 21.2 Å². The topological polar surface area (TPSA) is 89.3 Å². The van der Waals surface area contributed by atoms with Crippen molar-refractivity contribution in [2.24, 2.45) is 0 Å². The zero-order chi connectivity index (χ0) is 19.0. The Labute approximate surface area is 145 Å². The number of hydrogen-bond donors (Lipinski definition) is 1. The number of hydrogen-bond acceptors (Lipinski definition) is 4. The number of benzene rings is 2. The van der Waals surface area contributed by atoms with Crippen molar-refractivity contribution in [3.63, 3.8) is 0 Å². The second-order valence-electron chi connectivity index (χ2n) is 5.00. The van der Waals surface area contributed by atoms with E-state index >= 15 is 0 Å². The Morgan fingerprint density at radius 3 is 2.32 bits per heavy atom. The Bertz CT molecular complexity index is 946. The molecule has 2 rings (SSSR count). The summed E-state index contributed by atoms with van der Waals surface area (Å²) in [5.41, 5.74) is -1.21. The molecule has 2 aromatic rings. The van der Waals surface area contributed by atoms with Crippen LogP contribution in [0, 0.1) is 17.0 Å². The Morgan fingerprint density at radius 1 is 1.16 bits per heavy atom. The maximum atomic E-state index is 12.8. The summed E-state index contributed by atoms with van der Waals surface area (Å²) in [6.45, 7) is 1.42. The van der Waals surface area contributed by atoms with E-state index in [9.17, 15) is 31.7 Å². The van der Waals surface area contributed by atoms with Gasteiger partial charge in [0, 0.05) is 12.1 Å². The van der Waals surface area contributed by atoms with Crippen LogP contribution >= 0.6 is 11.6 Å². The smallest absolute Gasteiger partial charge is 0.279 e. The van der Waals surface area contributed by atoms with Crippen molar-refractivity contribution >= 4 is 33.0 Å². The predicted molar refractivity (Wildman–Crippen MR) is 85.1 cm³/mol. The molecule has 0 spiro atoms. The molecule has 1 N–H and O–H groups in total. The summed E-state index contributed by atoms with van der Waals surface area (Å²) in [7, 11) is -4.43. The van der Waals surface area contributed by atoms with E-state index in [4.69, 9.17) is 11.6 Å². The number of alkyl halides is 3. The number of anilines is 1. The first-order chi connectivity index (χ1) is 11.4. The van der Waals surface area contributed by atoms with Gasteiger partial charge < -0.3 is 0 Å². The van der Waals surface area contributed by atoms with Gasteiger partial charge >= 0.3 is 6.18 Å². The Hall–Kier alpha value is -2.33. The molecule has 2 aromatic carbocycles. The van der Waals surface area contributed by atoms with Crippen LogP contribution in [0.1, 0.15) is 11.1 Å². The molecular formula is C14H10ClF3N2O4S. The van der Waals surface area contributed by atoms with Gasteiger partial charge in [-0.3, -0.25) is 14.8 Å². The number of nitrogens with one attached hydrogen (secondary N) is 1. The van der Waals surface area contributed by atoms with E-state index in [1.54, 1.807) is 0 Å². The first-order valence-electron chi connectivity index (χ1n) is 6.56. The monoisotopic (exact) mass is 394 g/mol. The number of non-ortho nitro benzene ring substituents is 1. The molecule has 0 radical (unpaired) electrons. The molecule has 0 aliphatic heterocycles. The highest BCUT2D eigenvalue weighted by atomic mass is 35.5. The van der Waals surface area contributed by atoms with E-state index in [0.717, 1.165) is 24.3 Å². The van der Waals surface area contributed by atoms with Crippen molar-refractivity contribution < 1.29 is 26.5 Å². The summed E-state index contributed by atoms with van der Waals surface area (Å²) in [6.07, 6.45) is -4.74. The minimum Gasteiger partial charge on any atom is -0.279 e. The van der Waals surface area contributed by atoms with Crippen molar-refractivity contribution in [1.29, 1.82) is 0 Å². The third kappa shape index (κ3) is 4.20. The molecule has 0 aliphatic rings. The predicted octanol–water partition coefficient (Wildman–Crippen LogP) is 4.38. The number of rotatable bonds is 4. The first-order valence-corrected chi connectivity index (χ1v) is 8.42. The van der Waals surface area contributed by atoms with Gasteiger partial charge in [0.1, 0.15) is 4.90 Å². The molecule has 0 heterocycles. The van der Waals surface area contributed by atoms with Crippen LogP contribution in [-0.4, -0.2) is 13.3 Å². The van der Waals surface area contributed by atoms with Crippen LogP contribution in [0.2, 0.25) is 5.02 Å². The lowest BCUT2D eigenvalue weighted by Gasteiger charge is -2.13. The number of nitrogens with zero attached hydrogens (tertiary/aromatic N) is 1. The minimum absolute atomic E-state index is 0.0147. The molecule has 0 amide bonds. The van der Waals surface area contributed by atoms with Crippen LogP contribution in [-0.2, 0) is 16.2 Å². The zero-order valence-corrected chi connectivity index (χ0v) is 14.0. The van der Waals surface area contributed by atoms with Gasteiger partial charge in [0.15, 0.2) is 0 Å². The Balaban J connectivity index is 2.45. The molecule has 0 aliphatic carbocycles. The zero-order valence-electron chi connectivity index (χ0n) is 12.5. The molecule has 11 heteroatoms.